The van der Waals surface area contributed by atoms with Gasteiger partial charge in [-0.1, -0.05) is 23.4 Å². The van der Waals surface area contributed by atoms with Crippen LogP contribution in [0, 0.1) is 12.8 Å². The van der Waals surface area contributed by atoms with Gasteiger partial charge in [0, 0.05) is 36.1 Å². The summed E-state index contributed by atoms with van der Waals surface area (Å²) >= 11 is 1.61. The summed E-state index contributed by atoms with van der Waals surface area (Å²) in [5.41, 5.74) is 2.91. The molecule has 7 heteroatoms. The van der Waals surface area contributed by atoms with Crippen LogP contribution in [-0.2, 0) is 6.42 Å². The first kappa shape index (κ1) is 17.7. The highest BCUT2D eigenvalue weighted by Crippen LogP contribution is 2.24. The molecule has 2 aromatic heterocycles. The van der Waals surface area contributed by atoms with E-state index >= 15 is 0 Å². The predicted molar refractivity (Wildman–Crippen MR) is 106 cm³/mol. The van der Waals surface area contributed by atoms with E-state index in [9.17, 15) is 4.79 Å². The maximum Gasteiger partial charge on any atom is 0.321 e. The normalized spacial score (nSPS) is 17.1. The number of aryl methyl sites for hydroxylation is 1. The van der Waals surface area contributed by atoms with Crippen molar-refractivity contribution in [2.24, 2.45) is 5.92 Å². The molecule has 140 valence electrons. The highest BCUT2D eigenvalue weighted by molar-refractivity contribution is 7.08. The molecule has 4 rings (SSSR count). The Balaban J connectivity index is 1.37. The molecule has 27 heavy (non-hydrogen) atoms. The van der Waals surface area contributed by atoms with E-state index in [0.717, 1.165) is 36.2 Å². The molecule has 1 aliphatic rings. The third-order valence-electron chi connectivity index (χ3n) is 4.90. The zero-order chi connectivity index (χ0) is 18.6. The number of hydrogen-bond donors (Lipinski definition) is 1. The number of anilines is 1. The van der Waals surface area contributed by atoms with Crippen molar-refractivity contribution >= 4 is 23.1 Å². The lowest BCUT2D eigenvalue weighted by atomic mass is 9.95. The van der Waals surface area contributed by atoms with Crippen LogP contribution in [-0.4, -0.2) is 34.2 Å². The second kappa shape index (κ2) is 7.92. The first-order valence-corrected chi connectivity index (χ1v) is 10.1. The van der Waals surface area contributed by atoms with E-state index in [-0.39, 0.29) is 6.03 Å². The molecule has 1 N–H and O–H groups in total. The van der Waals surface area contributed by atoms with Gasteiger partial charge in [-0.2, -0.15) is 16.3 Å². The summed E-state index contributed by atoms with van der Waals surface area (Å²) in [7, 11) is 0. The molecular formula is C20H22N4O2S. The lowest BCUT2D eigenvalue weighted by Crippen LogP contribution is -2.42. The smallest absolute Gasteiger partial charge is 0.321 e. The SMILES string of the molecule is Cc1ccccc1NC(=O)N1CCC[C@@H](Cc2nc(-c3ccsc3)no2)C1. The Morgan fingerprint density at radius 3 is 3.07 bits per heavy atom. The number of hydrogen-bond acceptors (Lipinski definition) is 5. The highest BCUT2D eigenvalue weighted by Gasteiger charge is 2.26. The number of urea groups is 1. The summed E-state index contributed by atoms with van der Waals surface area (Å²) in [6, 6.07) is 9.77. The first-order chi connectivity index (χ1) is 13.2. The Bertz CT molecular complexity index is 906. The van der Waals surface area contributed by atoms with Crippen LogP contribution in [0.5, 0.6) is 0 Å². The summed E-state index contributed by atoms with van der Waals surface area (Å²) < 4.78 is 5.42. The van der Waals surface area contributed by atoms with Crippen molar-refractivity contribution in [3.8, 4) is 11.4 Å². The Hall–Kier alpha value is -2.67. The number of thiophene rings is 1. The van der Waals surface area contributed by atoms with Crippen molar-refractivity contribution in [3.05, 3.63) is 52.5 Å². The summed E-state index contributed by atoms with van der Waals surface area (Å²) in [4.78, 5) is 19.0. The van der Waals surface area contributed by atoms with Crippen LogP contribution in [0.1, 0.15) is 24.3 Å². The second-order valence-corrected chi connectivity index (χ2v) is 7.71. The van der Waals surface area contributed by atoms with Crippen molar-refractivity contribution < 1.29 is 9.32 Å². The number of carbonyl (C=O) groups excluding carboxylic acids is 1. The Morgan fingerprint density at radius 2 is 2.26 bits per heavy atom. The number of nitrogens with zero attached hydrogens (tertiary/aromatic N) is 3. The molecule has 0 bridgehead atoms. The summed E-state index contributed by atoms with van der Waals surface area (Å²) in [5, 5.41) is 11.1. The Kier molecular flexibility index (Phi) is 5.20. The fourth-order valence-electron chi connectivity index (χ4n) is 3.42. The van der Waals surface area contributed by atoms with Gasteiger partial charge < -0.3 is 14.7 Å². The number of para-hydroxylation sites is 1. The van der Waals surface area contributed by atoms with E-state index in [0.29, 0.717) is 30.6 Å². The molecule has 2 amide bonds. The third-order valence-corrected chi connectivity index (χ3v) is 5.59. The molecule has 0 saturated carbocycles. The fourth-order valence-corrected chi connectivity index (χ4v) is 4.05. The molecule has 0 unspecified atom stereocenters. The van der Waals surface area contributed by atoms with Crippen LogP contribution in [0.4, 0.5) is 10.5 Å². The van der Waals surface area contributed by atoms with Gasteiger partial charge in [0.05, 0.1) is 0 Å². The van der Waals surface area contributed by atoms with Crippen molar-refractivity contribution in [2.75, 3.05) is 18.4 Å². The van der Waals surface area contributed by atoms with Crippen LogP contribution in [0.15, 0.2) is 45.6 Å². The first-order valence-electron chi connectivity index (χ1n) is 9.16. The van der Waals surface area contributed by atoms with E-state index in [4.69, 9.17) is 4.52 Å². The molecule has 3 heterocycles. The van der Waals surface area contributed by atoms with Gasteiger partial charge in [-0.05, 0) is 48.8 Å². The number of nitrogens with one attached hydrogen (secondary N) is 1. The molecule has 1 fully saturated rings. The van der Waals surface area contributed by atoms with Crippen molar-refractivity contribution in [1.29, 1.82) is 0 Å². The van der Waals surface area contributed by atoms with Crippen LogP contribution in [0.3, 0.4) is 0 Å². The van der Waals surface area contributed by atoms with Gasteiger partial charge in [0.1, 0.15) is 0 Å². The zero-order valence-electron chi connectivity index (χ0n) is 15.2. The van der Waals surface area contributed by atoms with Crippen LogP contribution < -0.4 is 5.32 Å². The van der Waals surface area contributed by atoms with Crippen molar-refractivity contribution in [1.82, 2.24) is 15.0 Å². The number of piperidine rings is 1. The van der Waals surface area contributed by atoms with E-state index in [1.165, 1.54) is 0 Å². The molecule has 0 spiro atoms. The molecule has 1 aromatic carbocycles. The fraction of sp³-hybridized carbons (Fsp3) is 0.350. The Morgan fingerprint density at radius 1 is 1.37 bits per heavy atom. The second-order valence-electron chi connectivity index (χ2n) is 6.93. The van der Waals surface area contributed by atoms with E-state index in [2.05, 4.69) is 15.5 Å². The summed E-state index contributed by atoms with van der Waals surface area (Å²) in [6.07, 6.45) is 2.74. The van der Waals surface area contributed by atoms with E-state index in [1.807, 2.05) is 52.9 Å². The van der Waals surface area contributed by atoms with Gasteiger partial charge in [0.25, 0.3) is 0 Å². The third kappa shape index (κ3) is 4.19. The van der Waals surface area contributed by atoms with Crippen LogP contribution >= 0.6 is 11.3 Å². The molecule has 1 atom stereocenters. The van der Waals surface area contributed by atoms with Gasteiger partial charge in [-0.25, -0.2) is 4.79 Å². The average molecular weight is 382 g/mol. The van der Waals surface area contributed by atoms with Gasteiger partial charge in [-0.3, -0.25) is 0 Å². The number of aromatic nitrogens is 2. The molecule has 0 aliphatic carbocycles. The standard InChI is InChI=1S/C20H22N4O2S/c1-14-5-2-3-7-17(14)21-20(25)24-9-4-6-15(12-24)11-18-22-19(23-26-18)16-8-10-27-13-16/h2-3,5,7-8,10,13,15H,4,6,9,11-12H2,1H3,(H,21,25)/t15-/m0/s1. The quantitative estimate of drug-likeness (QED) is 0.716. The summed E-state index contributed by atoms with van der Waals surface area (Å²) in [6.45, 7) is 3.47. The molecule has 1 saturated heterocycles. The molecule has 0 radical (unpaired) electrons. The van der Waals surface area contributed by atoms with Crippen molar-refractivity contribution in [3.63, 3.8) is 0 Å². The number of carbonyl (C=O) groups is 1. The number of likely N-dealkylation sites (tertiary alicyclic amines) is 1. The molecular weight excluding hydrogens is 360 g/mol. The number of benzene rings is 1. The van der Waals surface area contributed by atoms with Crippen molar-refractivity contribution in [2.45, 2.75) is 26.2 Å². The average Bonchev–Trinajstić information content (AvgIpc) is 3.35. The monoisotopic (exact) mass is 382 g/mol. The largest absolute Gasteiger partial charge is 0.339 e. The lowest BCUT2D eigenvalue weighted by molar-refractivity contribution is 0.173. The minimum atomic E-state index is -0.0431. The number of rotatable bonds is 4. The summed E-state index contributed by atoms with van der Waals surface area (Å²) in [5.74, 6) is 1.61. The lowest BCUT2D eigenvalue weighted by Gasteiger charge is -2.32. The van der Waals surface area contributed by atoms with Gasteiger partial charge >= 0.3 is 6.03 Å². The van der Waals surface area contributed by atoms with E-state index < -0.39 is 0 Å². The molecule has 3 aromatic rings. The topological polar surface area (TPSA) is 71.3 Å². The predicted octanol–water partition coefficient (Wildman–Crippen LogP) is 4.59. The van der Waals surface area contributed by atoms with E-state index in [1.54, 1.807) is 11.3 Å². The maximum absolute atomic E-state index is 12.6. The minimum absolute atomic E-state index is 0.0431. The molecule has 6 nitrogen and oxygen atoms in total. The Labute approximate surface area is 162 Å². The zero-order valence-corrected chi connectivity index (χ0v) is 16.0. The van der Waals surface area contributed by atoms with Crippen LogP contribution in [0.25, 0.3) is 11.4 Å². The van der Waals surface area contributed by atoms with Crippen LogP contribution in [0.2, 0.25) is 0 Å². The molecule has 1 aliphatic heterocycles. The highest BCUT2D eigenvalue weighted by atomic mass is 32.1. The van der Waals surface area contributed by atoms with Gasteiger partial charge in [-0.15, -0.1) is 0 Å². The number of amides is 2. The maximum atomic E-state index is 12.6. The minimum Gasteiger partial charge on any atom is -0.339 e. The van der Waals surface area contributed by atoms with Gasteiger partial charge in [0.15, 0.2) is 0 Å². The van der Waals surface area contributed by atoms with Gasteiger partial charge in [0.2, 0.25) is 11.7 Å².